The predicted octanol–water partition coefficient (Wildman–Crippen LogP) is 2.87. The fourth-order valence-electron chi connectivity index (χ4n) is 2.48. The number of hydrogen-bond acceptors (Lipinski definition) is 6. The summed E-state index contributed by atoms with van der Waals surface area (Å²) in [4.78, 5) is 35.2. The van der Waals surface area contributed by atoms with Crippen molar-refractivity contribution in [2.24, 2.45) is 0 Å². The summed E-state index contributed by atoms with van der Waals surface area (Å²) in [6.07, 6.45) is 0.591. The molecule has 0 radical (unpaired) electrons. The molecule has 0 fully saturated rings. The van der Waals surface area contributed by atoms with Crippen molar-refractivity contribution in [1.29, 1.82) is 0 Å². The van der Waals surface area contributed by atoms with Gasteiger partial charge in [0.05, 0.1) is 12.7 Å². The minimum absolute atomic E-state index is 0.130. The Morgan fingerprint density at radius 1 is 0.964 bits per heavy atom. The first-order chi connectivity index (χ1) is 13.5. The van der Waals surface area contributed by atoms with Crippen molar-refractivity contribution in [2.45, 2.75) is 26.4 Å². The van der Waals surface area contributed by atoms with E-state index < -0.39 is 5.97 Å². The SMILES string of the molecule is COc1ccccc1COC(=O)CCCNC(=O)c1ccccc1OC(C)=O. The molecule has 0 bridgehead atoms. The summed E-state index contributed by atoms with van der Waals surface area (Å²) < 4.78 is 15.5. The van der Waals surface area contributed by atoms with Crippen LogP contribution in [0.25, 0.3) is 0 Å². The Bertz CT molecular complexity index is 833. The molecule has 0 saturated carbocycles. The van der Waals surface area contributed by atoms with Crippen molar-refractivity contribution in [2.75, 3.05) is 13.7 Å². The Kier molecular flexibility index (Phi) is 8.02. The second-order valence-electron chi connectivity index (χ2n) is 5.92. The van der Waals surface area contributed by atoms with Crippen LogP contribution in [0.1, 0.15) is 35.7 Å². The number of benzene rings is 2. The van der Waals surface area contributed by atoms with Gasteiger partial charge in [0.2, 0.25) is 0 Å². The monoisotopic (exact) mass is 385 g/mol. The van der Waals surface area contributed by atoms with Crippen molar-refractivity contribution >= 4 is 17.8 Å². The summed E-state index contributed by atoms with van der Waals surface area (Å²) in [5, 5.41) is 2.70. The molecule has 7 nitrogen and oxygen atoms in total. The second kappa shape index (κ2) is 10.7. The van der Waals surface area contributed by atoms with Crippen LogP contribution in [0.4, 0.5) is 0 Å². The van der Waals surface area contributed by atoms with Gasteiger partial charge in [-0.1, -0.05) is 30.3 Å². The first-order valence-electron chi connectivity index (χ1n) is 8.84. The molecule has 1 N–H and O–H groups in total. The number of esters is 2. The molecule has 0 aromatic heterocycles. The second-order valence-corrected chi connectivity index (χ2v) is 5.92. The van der Waals surface area contributed by atoms with E-state index in [1.54, 1.807) is 37.4 Å². The standard InChI is InChI=1S/C21H23NO6/c1-15(23)28-19-11-6-4-9-17(19)21(25)22-13-7-12-20(24)27-14-16-8-3-5-10-18(16)26-2/h3-6,8-11H,7,12-14H2,1-2H3,(H,22,25). The number of amides is 1. The molecule has 2 aromatic carbocycles. The highest BCUT2D eigenvalue weighted by Gasteiger charge is 2.13. The molecule has 7 heteroatoms. The number of nitrogens with one attached hydrogen (secondary N) is 1. The lowest BCUT2D eigenvalue weighted by molar-refractivity contribution is -0.145. The molecule has 2 rings (SSSR count). The number of para-hydroxylation sites is 2. The maximum absolute atomic E-state index is 12.2. The normalized spacial score (nSPS) is 10.1. The van der Waals surface area contributed by atoms with E-state index in [1.165, 1.54) is 6.92 Å². The summed E-state index contributed by atoms with van der Waals surface area (Å²) in [6.45, 7) is 1.69. The van der Waals surface area contributed by atoms with Crippen molar-refractivity contribution in [3.63, 3.8) is 0 Å². The highest BCUT2D eigenvalue weighted by atomic mass is 16.5. The number of carbonyl (C=O) groups excluding carboxylic acids is 3. The average molecular weight is 385 g/mol. The predicted molar refractivity (Wildman–Crippen MR) is 102 cm³/mol. The van der Waals surface area contributed by atoms with Gasteiger partial charge in [-0.2, -0.15) is 0 Å². The number of ether oxygens (including phenoxy) is 3. The van der Waals surface area contributed by atoms with E-state index in [0.29, 0.717) is 12.2 Å². The van der Waals surface area contributed by atoms with E-state index in [9.17, 15) is 14.4 Å². The van der Waals surface area contributed by atoms with Crippen LogP contribution in [0.15, 0.2) is 48.5 Å². The zero-order valence-corrected chi connectivity index (χ0v) is 15.9. The third-order valence-electron chi connectivity index (χ3n) is 3.81. The van der Waals surface area contributed by atoms with E-state index in [0.717, 1.165) is 5.56 Å². The maximum Gasteiger partial charge on any atom is 0.308 e. The largest absolute Gasteiger partial charge is 0.496 e. The van der Waals surface area contributed by atoms with Gasteiger partial charge < -0.3 is 19.5 Å². The molecule has 1 amide bonds. The molecule has 28 heavy (non-hydrogen) atoms. The molecule has 148 valence electrons. The average Bonchev–Trinajstić information content (AvgIpc) is 2.69. The fraction of sp³-hybridized carbons (Fsp3) is 0.286. The van der Waals surface area contributed by atoms with Crippen molar-refractivity contribution in [1.82, 2.24) is 5.32 Å². The molecule has 0 unspecified atom stereocenters. The molecule has 0 atom stereocenters. The molecule has 0 spiro atoms. The number of methoxy groups -OCH3 is 1. The lowest BCUT2D eigenvalue weighted by Crippen LogP contribution is -2.25. The van der Waals surface area contributed by atoms with Gasteiger partial charge in [0.1, 0.15) is 18.1 Å². The molecule has 0 heterocycles. The van der Waals surface area contributed by atoms with Crippen LogP contribution in [0.2, 0.25) is 0 Å². The van der Waals surface area contributed by atoms with Crippen LogP contribution in [0, 0.1) is 0 Å². The van der Waals surface area contributed by atoms with E-state index in [2.05, 4.69) is 5.32 Å². The van der Waals surface area contributed by atoms with E-state index in [4.69, 9.17) is 14.2 Å². The third kappa shape index (κ3) is 6.42. The quantitative estimate of drug-likeness (QED) is 0.405. The summed E-state index contributed by atoms with van der Waals surface area (Å²) in [5.41, 5.74) is 1.05. The number of carbonyl (C=O) groups is 3. The molecular weight excluding hydrogens is 362 g/mol. The Morgan fingerprint density at radius 2 is 1.64 bits per heavy atom. The lowest BCUT2D eigenvalue weighted by atomic mass is 10.2. The third-order valence-corrected chi connectivity index (χ3v) is 3.81. The summed E-state index contributed by atoms with van der Waals surface area (Å²) in [6, 6.07) is 13.8. The van der Waals surface area contributed by atoms with Crippen LogP contribution < -0.4 is 14.8 Å². The van der Waals surface area contributed by atoms with Gasteiger partial charge in [-0.25, -0.2) is 0 Å². The molecule has 0 aliphatic heterocycles. The van der Waals surface area contributed by atoms with Gasteiger partial charge in [-0.05, 0) is 24.6 Å². The minimum Gasteiger partial charge on any atom is -0.496 e. The van der Waals surface area contributed by atoms with Crippen LogP contribution in [-0.4, -0.2) is 31.5 Å². The fourth-order valence-corrected chi connectivity index (χ4v) is 2.48. The Hall–Kier alpha value is -3.35. The first-order valence-corrected chi connectivity index (χ1v) is 8.84. The van der Waals surface area contributed by atoms with Gasteiger partial charge in [0.25, 0.3) is 5.91 Å². The van der Waals surface area contributed by atoms with Gasteiger partial charge in [0, 0.05) is 25.5 Å². The highest BCUT2D eigenvalue weighted by Crippen LogP contribution is 2.19. The molecular formula is C21H23NO6. The molecule has 0 aliphatic carbocycles. The Labute approximate surface area is 163 Å². The van der Waals surface area contributed by atoms with Crippen molar-refractivity contribution in [3.05, 3.63) is 59.7 Å². The highest BCUT2D eigenvalue weighted by molar-refractivity contribution is 5.97. The smallest absolute Gasteiger partial charge is 0.308 e. The van der Waals surface area contributed by atoms with Crippen molar-refractivity contribution in [3.8, 4) is 11.5 Å². The molecule has 0 aliphatic rings. The van der Waals surface area contributed by atoms with Gasteiger partial charge in [0.15, 0.2) is 0 Å². The first kappa shape index (κ1) is 21.0. The lowest BCUT2D eigenvalue weighted by Gasteiger charge is -2.10. The van der Waals surface area contributed by atoms with Gasteiger partial charge in [-0.15, -0.1) is 0 Å². The van der Waals surface area contributed by atoms with Crippen molar-refractivity contribution < 1.29 is 28.6 Å². The summed E-state index contributed by atoms with van der Waals surface area (Å²) in [7, 11) is 1.56. The summed E-state index contributed by atoms with van der Waals surface area (Å²) in [5.74, 6) is -0.379. The summed E-state index contributed by atoms with van der Waals surface area (Å²) >= 11 is 0. The zero-order chi connectivity index (χ0) is 20.4. The van der Waals surface area contributed by atoms with E-state index >= 15 is 0 Å². The molecule has 0 saturated heterocycles. The van der Waals surface area contributed by atoms with Crippen LogP contribution in [0.3, 0.4) is 0 Å². The number of rotatable bonds is 9. The Morgan fingerprint density at radius 3 is 2.36 bits per heavy atom. The topological polar surface area (TPSA) is 90.9 Å². The minimum atomic E-state index is -0.502. The van der Waals surface area contributed by atoms with E-state index in [1.807, 2.05) is 18.2 Å². The maximum atomic E-state index is 12.2. The van der Waals surface area contributed by atoms with Crippen LogP contribution in [0.5, 0.6) is 11.5 Å². The van der Waals surface area contributed by atoms with Crippen LogP contribution in [-0.2, 0) is 20.9 Å². The van der Waals surface area contributed by atoms with Crippen LogP contribution >= 0.6 is 0 Å². The number of hydrogen-bond donors (Lipinski definition) is 1. The van der Waals surface area contributed by atoms with Gasteiger partial charge >= 0.3 is 11.9 Å². The van der Waals surface area contributed by atoms with E-state index in [-0.39, 0.29) is 42.8 Å². The van der Waals surface area contributed by atoms with Gasteiger partial charge in [-0.3, -0.25) is 14.4 Å². The zero-order valence-electron chi connectivity index (χ0n) is 15.9. The Balaban J connectivity index is 1.74. The molecule has 2 aromatic rings.